The van der Waals surface area contributed by atoms with E-state index < -0.39 is 17.2 Å². The van der Waals surface area contributed by atoms with Crippen LogP contribution in [0.15, 0.2) is 83.9 Å². The summed E-state index contributed by atoms with van der Waals surface area (Å²) in [6, 6.07) is 22.2. The van der Waals surface area contributed by atoms with Gasteiger partial charge in [-0.1, -0.05) is 42.1 Å². The van der Waals surface area contributed by atoms with E-state index in [4.69, 9.17) is 9.84 Å². The summed E-state index contributed by atoms with van der Waals surface area (Å²) in [6.45, 7) is 2.41. The van der Waals surface area contributed by atoms with Gasteiger partial charge in [-0.3, -0.25) is 14.5 Å². The molecule has 0 bridgehead atoms. The van der Waals surface area contributed by atoms with Crippen LogP contribution in [0.5, 0.6) is 0 Å². The van der Waals surface area contributed by atoms with E-state index >= 15 is 0 Å². The Morgan fingerprint density at radius 3 is 2.28 bits per heavy atom. The van der Waals surface area contributed by atoms with E-state index in [2.05, 4.69) is 10.3 Å². The van der Waals surface area contributed by atoms with Gasteiger partial charge in [-0.15, -0.1) is 0 Å². The lowest BCUT2D eigenvalue weighted by Gasteiger charge is -2.16. The van der Waals surface area contributed by atoms with Crippen molar-refractivity contribution in [1.82, 2.24) is 4.90 Å². The molecule has 10 heteroatoms. The van der Waals surface area contributed by atoms with E-state index in [9.17, 15) is 19.2 Å². The normalized spacial score (nSPS) is 15.8. The van der Waals surface area contributed by atoms with E-state index in [-0.39, 0.29) is 30.4 Å². The number of thioether (sulfide) groups is 1. The number of aliphatic imine (C=N–C) groups is 1. The first-order chi connectivity index (χ1) is 18.8. The van der Waals surface area contributed by atoms with E-state index in [1.165, 1.54) is 36.0 Å². The van der Waals surface area contributed by atoms with Crippen molar-refractivity contribution in [3.63, 3.8) is 0 Å². The Kier molecular flexibility index (Phi) is 9.11. The molecule has 4 rings (SSSR count). The Labute approximate surface area is 229 Å². The van der Waals surface area contributed by atoms with Gasteiger partial charge < -0.3 is 15.2 Å². The van der Waals surface area contributed by atoms with Gasteiger partial charge in [0.25, 0.3) is 0 Å². The van der Waals surface area contributed by atoms with Crippen molar-refractivity contribution in [1.29, 1.82) is 0 Å². The van der Waals surface area contributed by atoms with Crippen molar-refractivity contribution in [3.05, 3.63) is 95.6 Å². The number of carboxylic acids is 1. The number of amides is 2. The third kappa shape index (κ3) is 7.32. The fraction of sp³-hybridized carbons (Fsp3) is 0.207. The summed E-state index contributed by atoms with van der Waals surface area (Å²) in [5.41, 5.74) is 2.59. The standard InChI is InChI=1S/C29H27N3O6S/c1-2-38-28(37)21-10-14-23(15-11-21)31-29-32(17-16-19-6-4-3-5-7-19)26(34)24(39-29)18-25(33)30-22-12-8-20(9-13-22)27(35)36/h3-15,24H,2,16-18H2,1H3,(H,30,33)(H,35,36)/t24-/m0/s1. The zero-order chi connectivity index (χ0) is 27.8. The van der Waals surface area contributed by atoms with Crippen molar-refractivity contribution < 1.29 is 29.0 Å². The number of benzene rings is 3. The monoisotopic (exact) mass is 545 g/mol. The molecule has 1 heterocycles. The molecule has 0 spiro atoms. The summed E-state index contributed by atoms with van der Waals surface area (Å²) in [5, 5.41) is 11.6. The second kappa shape index (κ2) is 12.9. The molecular formula is C29H27N3O6S. The molecule has 1 aliphatic heterocycles. The number of anilines is 1. The molecule has 1 aliphatic rings. The Balaban J connectivity index is 1.49. The Bertz CT molecular complexity index is 1370. The average Bonchev–Trinajstić information content (AvgIpc) is 3.21. The predicted molar refractivity (Wildman–Crippen MR) is 149 cm³/mol. The molecule has 2 N–H and O–H groups in total. The van der Waals surface area contributed by atoms with Crippen LogP contribution in [0.3, 0.4) is 0 Å². The number of carbonyl (C=O) groups is 4. The van der Waals surface area contributed by atoms with Crippen LogP contribution >= 0.6 is 11.8 Å². The van der Waals surface area contributed by atoms with Crippen molar-refractivity contribution in [2.75, 3.05) is 18.5 Å². The van der Waals surface area contributed by atoms with Crippen LogP contribution < -0.4 is 5.32 Å². The minimum absolute atomic E-state index is 0.0766. The molecule has 0 unspecified atom stereocenters. The van der Waals surface area contributed by atoms with Gasteiger partial charge in [0.05, 0.1) is 23.4 Å². The molecule has 1 saturated heterocycles. The molecule has 0 aliphatic carbocycles. The molecule has 1 fully saturated rings. The number of carbonyl (C=O) groups excluding carboxylic acids is 3. The second-order valence-corrected chi connectivity index (χ2v) is 9.80. The molecule has 0 radical (unpaired) electrons. The van der Waals surface area contributed by atoms with Gasteiger partial charge in [0.15, 0.2) is 5.17 Å². The van der Waals surface area contributed by atoms with E-state index in [1.54, 1.807) is 36.1 Å². The first kappa shape index (κ1) is 27.6. The molecule has 9 nitrogen and oxygen atoms in total. The Morgan fingerprint density at radius 1 is 0.974 bits per heavy atom. The highest BCUT2D eigenvalue weighted by Gasteiger charge is 2.39. The lowest BCUT2D eigenvalue weighted by atomic mass is 10.1. The number of hydrogen-bond donors (Lipinski definition) is 2. The third-order valence-electron chi connectivity index (χ3n) is 5.88. The molecule has 200 valence electrons. The predicted octanol–water partition coefficient (Wildman–Crippen LogP) is 4.76. The highest BCUT2D eigenvalue weighted by atomic mass is 32.2. The van der Waals surface area contributed by atoms with Crippen molar-refractivity contribution >= 4 is 52.1 Å². The zero-order valence-corrected chi connectivity index (χ0v) is 22.0. The van der Waals surface area contributed by atoms with E-state index in [0.717, 1.165) is 5.56 Å². The van der Waals surface area contributed by atoms with Gasteiger partial charge >= 0.3 is 11.9 Å². The fourth-order valence-corrected chi connectivity index (χ4v) is 5.07. The van der Waals surface area contributed by atoms with Crippen LogP contribution in [-0.4, -0.2) is 57.3 Å². The summed E-state index contributed by atoms with van der Waals surface area (Å²) < 4.78 is 5.02. The van der Waals surface area contributed by atoms with Gasteiger partial charge in [-0.2, -0.15) is 0 Å². The van der Waals surface area contributed by atoms with Gasteiger partial charge in [-0.05, 0) is 67.4 Å². The van der Waals surface area contributed by atoms with E-state index in [0.29, 0.717) is 35.1 Å². The summed E-state index contributed by atoms with van der Waals surface area (Å²) in [7, 11) is 0. The number of rotatable bonds is 10. The number of nitrogens with zero attached hydrogens (tertiary/aromatic N) is 2. The molecule has 1 atom stereocenters. The van der Waals surface area contributed by atoms with Crippen molar-refractivity contribution in [2.24, 2.45) is 4.99 Å². The van der Waals surface area contributed by atoms with Crippen molar-refractivity contribution in [3.8, 4) is 0 Å². The van der Waals surface area contributed by atoms with E-state index in [1.807, 2.05) is 30.3 Å². The fourth-order valence-electron chi connectivity index (χ4n) is 3.89. The first-order valence-corrected chi connectivity index (χ1v) is 13.2. The molecule has 39 heavy (non-hydrogen) atoms. The maximum Gasteiger partial charge on any atom is 0.338 e. The average molecular weight is 546 g/mol. The SMILES string of the molecule is CCOC(=O)c1ccc(N=C2S[C@@H](CC(=O)Nc3ccc(C(=O)O)cc3)C(=O)N2CCc2ccccc2)cc1. The number of nitrogens with one attached hydrogen (secondary N) is 1. The number of aromatic carboxylic acids is 1. The van der Waals surface area contributed by atoms with Crippen LogP contribution in [0.25, 0.3) is 0 Å². The highest BCUT2D eigenvalue weighted by molar-refractivity contribution is 8.15. The van der Waals surface area contributed by atoms with Crippen LogP contribution in [0.2, 0.25) is 0 Å². The number of esters is 1. The lowest BCUT2D eigenvalue weighted by molar-refractivity contribution is -0.128. The van der Waals surface area contributed by atoms with Gasteiger partial charge in [0.1, 0.15) is 5.25 Å². The summed E-state index contributed by atoms with van der Waals surface area (Å²) in [4.78, 5) is 55.4. The number of ether oxygens (including phenoxy) is 1. The van der Waals surface area contributed by atoms with Gasteiger partial charge in [0, 0.05) is 18.7 Å². The summed E-state index contributed by atoms with van der Waals surface area (Å²) >= 11 is 1.22. The zero-order valence-electron chi connectivity index (χ0n) is 21.2. The van der Waals surface area contributed by atoms with Crippen LogP contribution in [0.4, 0.5) is 11.4 Å². The molecule has 0 aromatic heterocycles. The van der Waals surface area contributed by atoms with Crippen LogP contribution in [0, 0.1) is 0 Å². The van der Waals surface area contributed by atoms with Gasteiger partial charge in [0.2, 0.25) is 11.8 Å². The Morgan fingerprint density at radius 2 is 1.64 bits per heavy atom. The highest BCUT2D eigenvalue weighted by Crippen LogP contribution is 2.32. The minimum Gasteiger partial charge on any atom is -0.478 e. The molecule has 0 saturated carbocycles. The summed E-state index contributed by atoms with van der Waals surface area (Å²) in [6.07, 6.45) is 0.537. The molecule has 2 amide bonds. The Hall–Kier alpha value is -4.44. The first-order valence-electron chi connectivity index (χ1n) is 12.3. The number of carboxylic acid groups (broad SMARTS) is 1. The number of hydrogen-bond acceptors (Lipinski definition) is 7. The van der Waals surface area contributed by atoms with Crippen LogP contribution in [-0.2, 0) is 20.7 Å². The maximum absolute atomic E-state index is 13.4. The third-order valence-corrected chi connectivity index (χ3v) is 7.05. The maximum atomic E-state index is 13.4. The molecule has 3 aromatic rings. The largest absolute Gasteiger partial charge is 0.478 e. The smallest absolute Gasteiger partial charge is 0.338 e. The van der Waals surface area contributed by atoms with Gasteiger partial charge in [-0.25, -0.2) is 14.6 Å². The molecule has 3 aromatic carbocycles. The minimum atomic E-state index is -1.06. The van der Waals surface area contributed by atoms with Crippen molar-refractivity contribution in [2.45, 2.75) is 25.0 Å². The summed E-state index contributed by atoms with van der Waals surface area (Å²) in [5.74, 6) is -2.06. The van der Waals surface area contributed by atoms with Crippen LogP contribution in [0.1, 0.15) is 39.6 Å². The number of amidine groups is 1. The quantitative estimate of drug-likeness (QED) is 0.352. The molecular weight excluding hydrogens is 518 g/mol. The second-order valence-electron chi connectivity index (χ2n) is 8.63. The lowest BCUT2D eigenvalue weighted by Crippen LogP contribution is -2.35. The topological polar surface area (TPSA) is 125 Å².